The summed E-state index contributed by atoms with van der Waals surface area (Å²) in [6.45, 7) is 1.85. The highest BCUT2D eigenvalue weighted by Gasteiger charge is 2.34. The molecule has 0 fully saturated rings. The first-order chi connectivity index (χ1) is 9.07. The fourth-order valence-electron chi connectivity index (χ4n) is 1.43. The van der Waals surface area contributed by atoms with Crippen molar-refractivity contribution in [3.05, 3.63) is 41.2 Å². The highest BCUT2D eigenvalue weighted by molar-refractivity contribution is 7.60. The summed E-state index contributed by atoms with van der Waals surface area (Å²) >= 11 is 0. The second-order valence-corrected chi connectivity index (χ2v) is 5.73. The first kappa shape index (κ1) is 15.6. The van der Waals surface area contributed by atoms with E-state index in [4.69, 9.17) is 13.8 Å². The molecule has 6 heteroatoms. The first-order valence-corrected chi connectivity index (χ1v) is 7.27. The highest BCUT2D eigenvalue weighted by atomic mass is 31.2. The predicted molar refractivity (Wildman–Crippen MR) is 72.7 cm³/mol. The van der Waals surface area contributed by atoms with Gasteiger partial charge in [0, 0.05) is 14.2 Å². The van der Waals surface area contributed by atoms with E-state index in [1.54, 1.807) is 31.2 Å². The van der Waals surface area contributed by atoms with Gasteiger partial charge < -0.3 is 13.8 Å². The van der Waals surface area contributed by atoms with Gasteiger partial charge in [0.1, 0.15) is 5.31 Å². The van der Waals surface area contributed by atoms with Crippen molar-refractivity contribution in [2.24, 2.45) is 0 Å². The van der Waals surface area contributed by atoms with Gasteiger partial charge in [0.05, 0.1) is 6.61 Å². The van der Waals surface area contributed by atoms with Crippen LogP contribution in [0.2, 0.25) is 0 Å². The molecule has 1 rings (SSSR count). The molecule has 19 heavy (non-hydrogen) atoms. The molecule has 0 atom stereocenters. The van der Waals surface area contributed by atoms with Crippen LogP contribution in [0, 0.1) is 0 Å². The average Bonchev–Trinajstić information content (AvgIpc) is 2.45. The normalized spacial score (nSPS) is 12.3. The molecule has 0 amide bonds. The Balaban J connectivity index is 3.24. The second-order valence-electron chi connectivity index (χ2n) is 3.52. The van der Waals surface area contributed by atoms with E-state index in [1.807, 2.05) is 6.07 Å². The smallest absolute Gasteiger partial charge is 0.368 e. The fourth-order valence-corrected chi connectivity index (χ4v) is 2.57. The van der Waals surface area contributed by atoms with Crippen molar-refractivity contribution in [3.8, 4) is 0 Å². The second kappa shape index (κ2) is 7.24. The topological polar surface area (TPSA) is 61.8 Å². The van der Waals surface area contributed by atoms with Gasteiger partial charge in [-0.3, -0.25) is 4.57 Å². The van der Waals surface area contributed by atoms with E-state index < -0.39 is 13.6 Å². The standard InChI is InChI=1S/C13H17O5P/c1-4-18-13(14)12(19(15,16-2)17-3)10-11-8-6-5-7-9-11/h5-10H,4H2,1-3H3/b12-10+. The van der Waals surface area contributed by atoms with E-state index >= 15 is 0 Å². The maximum atomic E-state index is 12.4. The monoisotopic (exact) mass is 284 g/mol. The van der Waals surface area contributed by atoms with E-state index in [0.29, 0.717) is 5.56 Å². The third kappa shape index (κ3) is 4.03. The summed E-state index contributed by atoms with van der Waals surface area (Å²) < 4.78 is 27.0. The summed E-state index contributed by atoms with van der Waals surface area (Å²) in [5, 5.41) is -0.120. The number of ether oxygens (including phenoxy) is 1. The Labute approximate surface area is 112 Å². The van der Waals surface area contributed by atoms with Gasteiger partial charge in [-0.15, -0.1) is 0 Å². The van der Waals surface area contributed by atoms with E-state index in [0.717, 1.165) is 0 Å². The van der Waals surface area contributed by atoms with Crippen LogP contribution in [0.15, 0.2) is 35.6 Å². The lowest BCUT2D eigenvalue weighted by atomic mass is 10.2. The first-order valence-electron chi connectivity index (χ1n) is 5.73. The van der Waals surface area contributed by atoms with Crippen molar-refractivity contribution < 1.29 is 23.1 Å². The summed E-state index contributed by atoms with van der Waals surface area (Å²) in [4.78, 5) is 11.9. The molecular weight excluding hydrogens is 267 g/mol. The van der Waals surface area contributed by atoms with Crippen molar-refractivity contribution in [3.63, 3.8) is 0 Å². The van der Waals surface area contributed by atoms with Crippen molar-refractivity contribution >= 4 is 19.6 Å². The third-order valence-electron chi connectivity index (χ3n) is 2.36. The maximum Gasteiger partial charge on any atom is 0.368 e. The van der Waals surface area contributed by atoms with Crippen LogP contribution in [-0.2, 0) is 23.1 Å². The van der Waals surface area contributed by atoms with E-state index in [9.17, 15) is 9.36 Å². The van der Waals surface area contributed by atoms with E-state index in [-0.39, 0.29) is 11.9 Å². The van der Waals surface area contributed by atoms with E-state index in [1.165, 1.54) is 20.3 Å². The molecule has 0 saturated heterocycles. The zero-order valence-corrected chi connectivity index (χ0v) is 12.1. The molecule has 0 bridgehead atoms. The van der Waals surface area contributed by atoms with Crippen molar-refractivity contribution in [1.82, 2.24) is 0 Å². The van der Waals surface area contributed by atoms with Gasteiger partial charge in [-0.1, -0.05) is 30.3 Å². The van der Waals surface area contributed by atoms with E-state index in [2.05, 4.69) is 0 Å². The molecule has 0 unspecified atom stereocenters. The Morgan fingerprint density at radius 3 is 2.26 bits per heavy atom. The Kier molecular flexibility index (Phi) is 5.96. The number of benzene rings is 1. The Morgan fingerprint density at radius 2 is 1.79 bits per heavy atom. The molecular formula is C13H17O5P. The number of carbonyl (C=O) groups is 1. The predicted octanol–water partition coefficient (Wildman–Crippen LogP) is 3.08. The Morgan fingerprint density at radius 1 is 1.21 bits per heavy atom. The summed E-state index contributed by atoms with van der Waals surface area (Å²) in [5.74, 6) is -0.710. The van der Waals surface area contributed by atoms with Gasteiger partial charge in [0.15, 0.2) is 0 Å². The van der Waals surface area contributed by atoms with Gasteiger partial charge >= 0.3 is 13.6 Å². The van der Waals surface area contributed by atoms with Crippen molar-refractivity contribution in [1.29, 1.82) is 0 Å². The SMILES string of the molecule is CCOC(=O)/C(=C\c1ccccc1)P(=O)(OC)OC. The molecule has 0 N–H and O–H groups in total. The summed E-state index contributed by atoms with van der Waals surface area (Å²) in [7, 11) is -1.21. The fraction of sp³-hybridized carbons (Fsp3) is 0.308. The summed E-state index contributed by atoms with van der Waals surface area (Å²) in [5.41, 5.74) is 0.708. The minimum atomic E-state index is -3.66. The molecule has 0 aromatic heterocycles. The van der Waals surface area contributed by atoms with Crippen LogP contribution in [0.25, 0.3) is 6.08 Å². The molecule has 1 aromatic carbocycles. The van der Waals surface area contributed by atoms with Crippen LogP contribution >= 0.6 is 7.60 Å². The lowest BCUT2D eigenvalue weighted by Gasteiger charge is -2.16. The number of esters is 1. The number of hydrogen-bond acceptors (Lipinski definition) is 5. The van der Waals surface area contributed by atoms with Crippen LogP contribution < -0.4 is 0 Å². The van der Waals surface area contributed by atoms with Gasteiger partial charge in [-0.25, -0.2) is 4.79 Å². The zero-order chi connectivity index (χ0) is 14.3. The minimum absolute atomic E-state index is 0.120. The van der Waals surface area contributed by atoms with Gasteiger partial charge in [-0.2, -0.15) is 0 Å². The van der Waals surface area contributed by atoms with Crippen molar-refractivity contribution in [2.45, 2.75) is 6.92 Å². The summed E-state index contributed by atoms with van der Waals surface area (Å²) in [6.07, 6.45) is 1.45. The van der Waals surface area contributed by atoms with Crippen molar-refractivity contribution in [2.75, 3.05) is 20.8 Å². The zero-order valence-electron chi connectivity index (χ0n) is 11.2. The maximum absolute atomic E-state index is 12.4. The van der Waals surface area contributed by atoms with Gasteiger partial charge in [-0.05, 0) is 18.6 Å². The molecule has 0 aliphatic heterocycles. The van der Waals surface area contributed by atoms with Crippen LogP contribution in [0.4, 0.5) is 0 Å². The van der Waals surface area contributed by atoms with Gasteiger partial charge in [0.25, 0.3) is 0 Å². The molecule has 104 valence electrons. The third-order valence-corrected chi connectivity index (χ3v) is 4.23. The summed E-state index contributed by atoms with van der Waals surface area (Å²) in [6, 6.07) is 9.00. The molecule has 1 aromatic rings. The average molecular weight is 284 g/mol. The molecule has 5 nitrogen and oxygen atoms in total. The van der Waals surface area contributed by atoms with Gasteiger partial charge in [0.2, 0.25) is 0 Å². The molecule has 0 heterocycles. The highest BCUT2D eigenvalue weighted by Crippen LogP contribution is 2.55. The molecule has 0 spiro atoms. The Bertz CT molecular complexity index is 487. The molecule has 0 aliphatic rings. The van der Waals surface area contributed by atoms with Crippen LogP contribution in [0.3, 0.4) is 0 Å². The quantitative estimate of drug-likeness (QED) is 0.456. The van der Waals surface area contributed by atoms with Crippen LogP contribution in [0.5, 0.6) is 0 Å². The minimum Gasteiger partial charge on any atom is -0.462 e. The van der Waals surface area contributed by atoms with Crippen LogP contribution in [-0.4, -0.2) is 26.8 Å². The molecule has 0 radical (unpaired) electrons. The number of carbonyl (C=O) groups excluding carboxylic acids is 1. The molecule has 0 aliphatic carbocycles. The van der Waals surface area contributed by atoms with Crippen LogP contribution in [0.1, 0.15) is 12.5 Å². The number of hydrogen-bond donors (Lipinski definition) is 0. The lowest BCUT2D eigenvalue weighted by molar-refractivity contribution is -0.137. The molecule has 0 saturated carbocycles. The number of rotatable bonds is 6. The largest absolute Gasteiger partial charge is 0.462 e. The Hall–Kier alpha value is -1.42. The lowest BCUT2D eigenvalue weighted by Crippen LogP contribution is -2.10.